The Morgan fingerprint density at radius 1 is 0.857 bits per heavy atom. The Kier molecular flexibility index (Phi) is 8.23. The average molecular weight is 390 g/mol. The van der Waals surface area contributed by atoms with E-state index in [0.29, 0.717) is 30.6 Å². The molecule has 28 heavy (non-hydrogen) atoms. The minimum Gasteiger partial charge on any atom is -0.386 e. The molecule has 0 aromatic carbocycles. The van der Waals surface area contributed by atoms with Crippen LogP contribution in [0.2, 0.25) is 0 Å². The maximum absolute atomic E-state index is 13.0. The highest BCUT2D eigenvalue weighted by atomic mass is 16.7. The maximum atomic E-state index is 13.0. The van der Waals surface area contributed by atoms with Crippen molar-refractivity contribution in [1.82, 2.24) is 0 Å². The zero-order valence-electron chi connectivity index (χ0n) is 18.1. The molecule has 0 spiro atoms. The zero-order valence-corrected chi connectivity index (χ0v) is 18.1. The van der Waals surface area contributed by atoms with E-state index in [-0.39, 0.29) is 11.6 Å². The van der Waals surface area contributed by atoms with Gasteiger partial charge in [0.15, 0.2) is 11.6 Å². The topological polar surface area (TPSA) is 61.8 Å². The van der Waals surface area contributed by atoms with E-state index in [4.69, 9.17) is 14.0 Å². The lowest BCUT2D eigenvalue weighted by atomic mass is 9.84. The van der Waals surface area contributed by atoms with Gasteiger partial charge in [-0.2, -0.15) is 0 Å². The molecule has 0 fully saturated rings. The molecule has 0 saturated carbocycles. The van der Waals surface area contributed by atoms with E-state index in [1.54, 1.807) is 13.8 Å². The first kappa shape index (κ1) is 23.0. The smallest absolute Gasteiger partial charge is 0.386 e. The number of rotatable bonds is 6. The van der Waals surface area contributed by atoms with Gasteiger partial charge in [-0.1, -0.05) is 12.2 Å². The number of Topliss-reactive ketones (excluding diaryl/α,β-unsaturated/α-hetero) is 2. The van der Waals surface area contributed by atoms with Gasteiger partial charge in [0.1, 0.15) is 11.2 Å². The third kappa shape index (κ3) is 5.65. The molecule has 0 amide bonds. The largest absolute Gasteiger partial charge is 0.640 e. The van der Waals surface area contributed by atoms with Gasteiger partial charge in [-0.15, -0.1) is 0 Å². The van der Waals surface area contributed by atoms with Gasteiger partial charge in [-0.25, -0.2) is 0 Å². The third-order valence-electron chi connectivity index (χ3n) is 5.81. The number of allylic oxidation sites excluding steroid dienone is 2. The molecule has 0 aliphatic heterocycles. The van der Waals surface area contributed by atoms with Gasteiger partial charge in [-0.05, 0) is 97.1 Å². The van der Waals surface area contributed by atoms with Crippen LogP contribution in [0, 0.1) is 0 Å². The maximum Gasteiger partial charge on any atom is 0.640 e. The lowest BCUT2D eigenvalue weighted by Crippen LogP contribution is -2.51. The van der Waals surface area contributed by atoms with E-state index in [0.717, 1.165) is 38.5 Å². The van der Waals surface area contributed by atoms with Crippen LogP contribution < -0.4 is 0 Å². The summed E-state index contributed by atoms with van der Waals surface area (Å²) >= 11 is 0. The molecule has 0 bridgehead atoms. The van der Waals surface area contributed by atoms with E-state index >= 15 is 0 Å². The lowest BCUT2D eigenvalue weighted by Gasteiger charge is -2.36. The molecule has 2 aliphatic rings. The van der Waals surface area contributed by atoms with Crippen LogP contribution in [-0.2, 0) is 23.6 Å². The van der Waals surface area contributed by atoms with Crippen molar-refractivity contribution in [2.24, 2.45) is 0 Å². The predicted octanol–water partition coefficient (Wildman–Crippen LogP) is 4.74. The number of ketones is 2. The summed E-state index contributed by atoms with van der Waals surface area (Å²) in [6.07, 6.45) is 10.8. The predicted molar refractivity (Wildman–Crippen MR) is 111 cm³/mol. The van der Waals surface area contributed by atoms with Crippen molar-refractivity contribution in [2.75, 3.05) is 6.61 Å². The highest BCUT2D eigenvalue weighted by Crippen LogP contribution is 2.32. The highest BCUT2D eigenvalue weighted by Gasteiger charge is 2.46. The lowest BCUT2D eigenvalue weighted by molar-refractivity contribution is -0.141. The van der Waals surface area contributed by atoms with Gasteiger partial charge < -0.3 is 14.0 Å². The average Bonchev–Trinajstić information content (AvgIpc) is 2.64. The Balaban J connectivity index is 2.24. The molecule has 0 aromatic heterocycles. The Morgan fingerprint density at radius 2 is 1.29 bits per heavy atom. The molecule has 2 aliphatic carbocycles. The summed E-state index contributed by atoms with van der Waals surface area (Å²) in [7, 11) is -1.06. The molecule has 0 saturated heterocycles. The fourth-order valence-electron chi connectivity index (χ4n) is 3.97. The fraction of sp³-hybridized carbons (Fsp3) is 0.727. The molecule has 156 valence electrons. The van der Waals surface area contributed by atoms with Crippen LogP contribution >= 0.6 is 0 Å². The number of hydrogen-bond acceptors (Lipinski definition) is 5. The van der Waals surface area contributed by atoms with E-state index in [2.05, 4.69) is 0 Å². The van der Waals surface area contributed by atoms with Gasteiger partial charge in [0, 0.05) is 6.61 Å². The molecule has 0 radical (unpaired) electrons. The summed E-state index contributed by atoms with van der Waals surface area (Å²) in [5.41, 5.74) is -0.617. The second-order valence-corrected chi connectivity index (χ2v) is 8.37. The van der Waals surface area contributed by atoms with Gasteiger partial charge in [0.2, 0.25) is 0 Å². The van der Waals surface area contributed by atoms with Crippen molar-refractivity contribution in [3.63, 3.8) is 0 Å². The van der Waals surface area contributed by atoms with Crippen molar-refractivity contribution in [1.29, 1.82) is 0 Å². The van der Waals surface area contributed by atoms with Crippen molar-refractivity contribution in [3.8, 4) is 0 Å². The van der Waals surface area contributed by atoms with E-state index in [1.165, 1.54) is 0 Å². The van der Waals surface area contributed by atoms with E-state index in [9.17, 15) is 9.59 Å². The zero-order chi connectivity index (χ0) is 20.8. The molecule has 0 heterocycles. The summed E-state index contributed by atoms with van der Waals surface area (Å²) < 4.78 is 18.0. The Bertz CT molecular complexity index is 589. The van der Waals surface area contributed by atoms with E-state index < -0.39 is 18.5 Å². The second kappa shape index (κ2) is 9.99. The van der Waals surface area contributed by atoms with Gasteiger partial charge in [-0.3, -0.25) is 9.59 Å². The molecule has 2 unspecified atom stereocenters. The number of carbonyl (C=O) groups is 2. The molecule has 2 atom stereocenters. The summed E-state index contributed by atoms with van der Waals surface area (Å²) in [4.78, 5) is 25.9. The number of carbonyl (C=O) groups excluding carboxylic acids is 2. The first-order chi connectivity index (χ1) is 13.2. The number of hydrogen-bond donors (Lipinski definition) is 0. The Labute approximate surface area is 170 Å². The highest BCUT2D eigenvalue weighted by molar-refractivity contribution is 6.38. The first-order valence-electron chi connectivity index (χ1n) is 10.6. The molecular weight excluding hydrogens is 355 g/mol. The fourth-order valence-corrected chi connectivity index (χ4v) is 3.97. The molecular formula is C22H35BO5. The first-order valence-corrected chi connectivity index (χ1v) is 10.6. The van der Waals surface area contributed by atoms with Crippen LogP contribution in [0.3, 0.4) is 0 Å². The summed E-state index contributed by atoms with van der Waals surface area (Å²) in [5.74, 6) is -0.0727. The van der Waals surface area contributed by atoms with Crippen LogP contribution in [0.25, 0.3) is 0 Å². The summed E-state index contributed by atoms with van der Waals surface area (Å²) in [6, 6.07) is 0. The third-order valence-corrected chi connectivity index (χ3v) is 5.81. The summed E-state index contributed by atoms with van der Waals surface area (Å²) in [6.45, 7) is 9.49. The minimum atomic E-state index is -1.06. The van der Waals surface area contributed by atoms with Crippen molar-refractivity contribution in [2.45, 2.75) is 97.2 Å². The van der Waals surface area contributed by atoms with Crippen molar-refractivity contribution < 1.29 is 23.6 Å². The van der Waals surface area contributed by atoms with Crippen LogP contribution in [0.5, 0.6) is 0 Å². The normalized spacial score (nSPS) is 33.6. The van der Waals surface area contributed by atoms with Gasteiger partial charge in [0.25, 0.3) is 0 Å². The SMILES string of the molecule is CCOB(OC1(C)CCCC/C=C(/C)C1=O)OC1(C)CCCC/C=C(/C)C1=O. The molecule has 5 nitrogen and oxygen atoms in total. The van der Waals surface area contributed by atoms with Crippen LogP contribution in [-0.4, -0.2) is 36.7 Å². The quantitative estimate of drug-likeness (QED) is 0.613. The monoisotopic (exact) mass is 390 g/mol. The van der Waals surface area contributed by atoms with Crippen molar-refractivity contribution in [3.05, 3.63) is 23.3 Å². The van der Waals surface area contributed by atoms with Crippen molar-refractivity contribution >= 4 is 18.9 Å². The molecule has 2 rings (SSSR count). The minimum absolute atomic E-state index is 0.0364. The molecule has 0 aromatic rings. The van der Waals surface area contributed by atoms with Gasteiger partial charge in [0.05, 0.1) is 0 Å². The van der Waals surface area contributed by atoms with Crippen LogP contribution in [0.15, 0.2) is 23.3 Å². The van der Waals surface area contributed by atoms with E-state index in [1.807, 2.05) is 32.9 Å². The summed E-state index contributed by atoms with van der Waals surface area (Å²) in [5, 5.41) is 0. The van der Waals surface area contributed by atoms with Crippen LogP contribution in [0.1, 0.15) is 86.0 Å². The van der Waals surface area contributed by atoms with Gasteiger partial charge >= 0.3 is 7.32 Å². The standard InChI is InChI=1S/C22H35BO5/c1-6-26-23(27-21(4)15-11-7-9-13-17(2)19(21)24)28-22(5)16-12-8-10-14-18(3)20(22)25/h13-14H,6-12,15-16H2,1-5H3/b17-13-,18-14-. The second-order valence-electron chi connectivity index (χ2n) is 8.37. The van der Waals surface area contributed by atoms with Crippen LogP contribution in [0.4, 0.5) is 0 Å². The molecule has 0 N–H and O–H groups in total. The molecule has 6 heteroatoms. The Morgan fingerprint density at radius 3 is 1.68 bits per heavy atom. The Hall–Kier alpha value is -1.24.